The molecule has 1 saturated carbocycles. The summed E-state index contributed by atoms with van der Waals surface area (Å²) in [6.45, 7) is 14.3. The van der Waals surface area contributed by atoms with Crippen LogP contribution in [0.1, 0.15) is 46.0 Å². The highest BCUT2D eigenvalue weighted by Gasteiger charge is 2.41. The van der Waals surface area contributed by atoms with Crippen molar-refractivity contribution in [2.24, 2.45) is 17.3 Å². The van der Waals surface area contributed by atoms with Crippen molar-refractivity contribution in [3.8, 4) is 0 Å². The smallest absolute Gasteiger partial charge is 0.0494 e. The first kappa shape index (κ1) is 15.8. The number of piperidine rings is 1. The minimum Gasteiger partial charge on any atom is -0.381 e. The third-order valence-electron chi connectivity index (χ3n) is 6.11. The molecule has 1 unspecified atom stereocenters. The van der Waals surface area contributed by atoms with E-state index in [0.717, 1.165) is 25.0 Å². The predicted molar refractivity (Wildman–Crippen MR) is 87.5 cm³/mol. The Morgan fingerprint density at radius 1 is 1.00 bits per heavy atom. The Kier molecular flexibility index (Phi) is 5.23. The van der Waals surface area contributed by atoms with Gasteiger partial charge in [0.2, 0.25) is 0 Å². The van der Waals surface area contributed by atoms with Gasteiger partial charge in [-0.05, 0) is 75.9 Å². The number of hydrogen-bond acceptors (Lipinski definition) is 3. The fourth-order valence-electron chi connectivity index (χ4n) is 4.91. The van der Waals surface area contributed by atoms with Crippen LogP contribution in [0.3, 0.4) is 0 Å². The first-order valence-electron chi connectivity index (χ1n) is 9.25. The molecule has 3 rings (SSSR count). The molecule has 2 aliphatic heterocycles. The molecule has 0 bridgehead atoms. The maximum absolute atomic E-state index is 5.56. The van der Waals surface area contributed by atoms with E-state index >= 15 is 0 Å². The lowest BCUT2D eigenvalue weighted by atomic mass is 9.74. The second kappa shape index (κ2) is 6.97. The van der Waals surface area contributed by atoms with Gasteiger partial charge in [0.1, 0.15) is 0 Å². The second-order valence-corrected chi connectivity index (χ2v) is 7.82. The van der Waals surface area contributed by atoms with Crippen molar-refractivity contribution in [2.45, 2.75) is 46.0 Å². The largest absolute Gasteiger partial charge is 0.381 e. The van der Waals surface area contributed by atoms with Crippen molar-refractivity contribution >= 4 is 0 Å². The zero-order chi connectivity index (χ0) is 14.7. The second-order valence-electron chi connectivity index (χ2n) is 7.82. The minimum absolute atomic E-state index is 0.642. The van der Waals surface area contributed by atoms with Gasteiger partial charge in [0.05, 0.1) is 0 Å². The van der Waals surface area contributed by atoms with Crippen molar-refractivity contribution in [3.05, 3.63) is 0 Å². The fraction of sp³-hybridized carbons (Fsp3) is 1.00. The minimum atomic E-state index is 0.642. The van der Waals surface area contributed by atoms with Crippen LogP contribution in [0.25, 0.3) is 0 Å². The third kappa shape index (κ3) is 3.80. The van der Waals surface area contributed by atoms with E-state index in [1.54, 1.807) is 0 Å². The molecule has 3 heteroatoms. The zero-order valence-electron chi connectivity index (χ0n) is 14.1. The molecule has 3 nitrogen and oxygen atoms in total. The Bertz CT molecular complexity index is 329. The van der Waals surface area contributed by atoms with Crippen molar-refractivity contribution in [1.82, 2.24) is 9.80 Å². The molecular weight excluding hydrogens is 260 g/mol. The van der Waals surface area contributed by atoms with Gasteiger partial charge < -0.3 is 14.5 Å². The molecule has 0 aromatic rings. The average molecular weight is 294 g/mol. The molecule has 122 valence electrons. The van der Waals surface area contributed by atoms with Gasteiger partial charge in [-0.2, -0.15) is 0 Å². The van der Waals surface area contributed by atoms with Crippen LogP contribution >= 0.6 is 0 Å². The van der Waals surface area contributed by atoms with Gasteiger partial charge in [-0.15, -0.1) is 0 Å². The lowest BCUT2D eigenvalue weighted by molar-refractivity contribution is 0.0178. The maximum Gasteiger partial charge on any atom is 0.0494 e. The van der Waals surface area contributed by atoms with Crippen molar-refractivity contribution in [3.63, 3.8) is 0 Å². The lowest BCUT2D eigenvalue weighted by Crippen LogP contribution is -2.48. The highest BCUT2D eigenvalue weighted by molar-refractivity contribution is 4.95. The van der Waals surface area contributed by atoms with E-state index in [2.05, 4.69) is 23.6 Å². The van der Waals surface area contributed by atoms with Crippen LogP contribution in [0.2, 0.25) is 0 Å². The van der Waals surface area contributed by atoms with Crippen LogP contribution in [0.15, 0.2) is 0 Å². The molecule has 0 amide bonds. The summed E-state index contributed by atoms with van der Waals surface area (Å²) in [7, 11) is 0. The van der Waals surface area contributed by atoms with E-state index in [-0.39, 0.29) is 0 Å². The number of hydrogen-bond donors (Lipinski definition) is 0. The lowest BCUT2D eigenvalue weighted by Gasteiger charge is -2.44. The van der Waals surface area contributed by atoms with Crippen LogP contribution < -0.4 is 0 Å². The molecule has 2 heterocycles. The molecule has 1 spiro atoms. The van der Waals surface area contributed by atoms with E-state index < -0.39 is 0 Å². The van der Waals surface area contributed by atoms with Crippen LogP contribution in [-0.4, -0.2) is 62.3 Å². The van der Waals surface area contributed by atoms with Crippen molar-refractivity contribution in [2.75, 3.05) is 52.5 Å². The molecule has 0 radical (unpaired) electrons. The molecule has 21 heavy (non-hydrogen) atoms. The Labute approximate surface area is 131 Å². The third-order valence-corrected chi connectivity index (χ3v) is 6.11. The summed E-state index contributed by atoms with van der Waals surface area (Å²) in [5.74, 6) is 1.81. The average Bonchev–Trinajstić information content (AvgIpc) is 2.84. The van der Waals surface area contributed by atoms with Gasteiger partial charge in [-0.1, -0.05) is 6.92 Å². The highest BCUT2D eigenvalue weighted by Crippen LogP contribution is 2.41. The standard InChI is InChI=1S/C18H34N2O/c1-3-19-9-7-18(14-19)6-5-8-20(15-18)12-16-10-17(11-16)13-21-4-2/h16-17H,3-15H2,1-2H3. The molecule has 2 saturated heterocycles. The van der Waals surface area contributed by atoms with Crippen molar-refractivity contribution < 1.29 is 4.74 Å². The number of ether oxygens (including phenoxy) is 1. The fourth-order valence-corrected chi connectivity index (χ4v) is 4.91. The topological polar surface area (TPSA) is 15.7 Å². The molecule has 3 fully saturated rings. The Balaban J connectivity index is 1.41. The van der Waals surface area contributed by atoms with E-state index in [4.69, 9.17) is 4.74 Å². The summed E-state index contributed by atoms with van der Waals surface area (Å²) in [5.41, 5.74) is 0.642. The first-order chi connectivity index (χ1) is 10.2. The SMILES string of the molecule is CCOCC1CC(CN2CCCC3(CCN(CC)C3)C2)C1. The highest BCUT2D eigenvalue weighted by atomic mass is 16.5. The maximum atomic E-state index is 5.56. The molecular formula is C18H34N2O. The summed E-state index contributed by atoms with van der Waals surface area (Å²) < 4.78 is 5.56. The number of rotatable bonds is 6. The number of likely N-dealkylation sites (tertiary alicyclic amines) is 2. The van der Waals surface area contributed by atoms with Gasteiger partial charge in [-0.3, -0.25) is 0 Å². The summed E-state index contributed by atoms with van der Waals surface area (Å²) in [6, 6.07) is 0. The van der Waals surface area contributed by atoms with Crippen LogP contribution in [0.5, 0.6) is 0 Å². The molecule has 1 atom stereocenters. The van der Waals surface area contributed by atoms with E-state index in [1.165, 1.54) is 71.4 Å². The molecule has 0 aromatic heterocycles. The van der Waals surface area contributed by atoms with Crippen LogP contribution in [0, 0.1) is 17.3 Å². The van der Waals surface area contributed by atoms with E-state index in [1.807, 2.05) is 0 Å². The van der Waals surface area contributed by atoms with E-state index in [9.17, 15) is 0 Å². The molecule has 3 aliphatic rings. The predicted octanol–water partition coefficient (Wildman–Crippen LogP) is 2.86. The van der Waals surface area contributed by atoms with Gasteiger partial charge >= 0.3 is 0 Å². The molecule has 1 aliphatic carbocycles. The Hall–Kier alpha value is -0.120. The van der Waals surface area contributed by atoms with Gasteiger partial charge in [0.25, 0.3) is 0 Å². The van der Waals surface area contributed by atoms with Gasteiger partial charge in [-0.25, -0.2) is 0 Å². The van der Waals surface area contributed by atoms with Gasteiger partial charge in [0.15, 0.2) is 0 Å². The summed E-state index contributed by atoms with van der Waals surface area (Å²) >= 11 is 0. The first-order valence-corrected chi connectivity index (χ1v) is 9.25. The van der Waals surface area contributed by atoms with E-state index in [0.29, 0.717) is 5.41 Å². The van der Waals surface area contributed by atoms with Crippen LogP contribution in [-0.2, 0) is 4.74 Å². The molecule has 0 N–H and O–H groups in total. The Morgan fingerprint density at radius 3 is 2.52 bits per heavy atom. The zero-order valence-corrected chi connectivity index (χ0v) is 14.1. The number of nitrogens with zero attached hydrogens (tertiary/aromatic N) is 2. The Morgan fingerprint density at radius 2 is 1.81 bits per heavy atom. The quantitative estimate of drug-likeness (QED) is 0.749. The van der Waals surface area contributed by atoms with Crippen molar-refractivity contribution in [1.29, 1.82) is 0 Å². The summed E-state index contributed by atoms with van der Waals surface area (Å²) in [6.07, 6.45) is 7.15. The molecule has 0 aromatic carbocycles. The summed E-state index contributed by atoms with van der Waals surface area (Å²) in [4.78, 5) is 5.45. The van der Waals surface area contributed by atoms with Gasteiger partial charge in [0, 0.05) is 32.8 Å². The normalized spacial score (nSPS) is 38.0. The monoisotopic (exact) mass is 294 g/mol. The summed E-state index contributed by atoms with van der Waals surface area (Å²) in [5, 5.41) is 0. The van der Waals surface area contributed by atoms with Crippen LogP contribution in [0.4, 0.5) is 0 Å².